The molecule has 0 unspecified atom stereocenters. The highest BCUT2D eigenvalue weighted by atomic mass is 79.9. The third-order valence-electron chi connectivity index (χ3n) is 5.13. The maximum absolute atomic E-state index is 13.5. The Morgan fingerprint density at radius 3 is 2.67 bits per heavy atom. The van der Waals surface area contributed by atoms with Crippen LogP contribution in [-0.4, -0.2) is 37.7 Å². The van der Waals surface area contributed by atoms with Gasteiger partial charge in [0.25, 0.3) is 0 Å². The molecule has 0 spiro atoms. The normalized spacial score (nSPS) is 14.2. The SMILES string of the molecule is CCCCCOc1cc(N2CCCN(Cc3ccc(F)c(Br)c3)C2=O)ccc1OC. The number of hydrogen-bond acceptors (Lipinski definition) is 3. The molecule has 0 atom stereocenters. The van der Waals surface area contributed by atoms with Gasteiger partial charge in [-0.15, -0.1) is 0 Å². The van der Waals surface area contributed by atoms with E-state index in [4.69, 9.17) is 9.47 Å². The highest BCUT2D eigenvalue weighted by Crippen LogP contribution is 2.33. The Morgan fingerprint density at radius 2 is 1.93 bits per heavy atom. The monoisotopic (exact) mass is 478 g/mol. The van der Waals surface area contributed by atoms with Crippen LogP contribution in [0.25, 0.3) is 0 Å². The fourth-order valence-corrected chi connectivity index (χ4v) is 3.93. The standard InChI is InChI=1S/C23H28BrFN2O3/c1-3-4-5-13-30-22-15-18(8-10-21(22)29-2)27-12-6-11-26(23(27)28)16-17-7-9-20(25)19(24)14-17/h7-10,14-15H,3-6,11-13,16H2,1-2H3. The highest BCUT2D eigenvalue weighted by molar-refractivity contribution is 9.10. The van der Waals surface area contributed by atoms with Crippen molar-refractivity contribution in [2.45, 2.75) is 39.2 Å². The molecular weight excluding hydrogens is 451 g/mol. The molecule has 0 N–H and O–H groups in total. The summed E-state index contributed by atoms with van der Waals surface area (Å²) in [5, 5.41) is 0. The summed E-state index contributed by atoms with van der Waals surface area (Å²) < 4.78 is 25.3. The molecule has 1 aliphatic rings. The second-order valence-corrected chi connectivity index (χ2v) is 8.20. The van der Waals surface area contributed by atoms with E-state index in [0.29, 0.717) is 42.2 Å². The number of methoxy groups -OCH3 is 1. The van der Waals surface area contributed by atoms with Crippen LogP contribution < -0.4 is 14.4 Å². The van der Waals surface area contributed by atoms with E-state index in [0.717, 1.165) is 36.9 Å². The molecule has 0 saturated carbocycles. The smallest absolute Gasteiger partial charge is 0.324 e. The first kappa shape index (κ1) is 22.4. The maximum atomic E-state index is 13.5. The summed E-state index contributed by atoms with van der Waals surface area (Å²) in [5.41, 5.74) is 1.67. The van der Waals surface area contributed by atoms with Crippen LogP contribution in [0.2, 0.25) is 0 Å². The number of rotatable bonds is 9. The molecule has 1 aliphatic heterocycles. The van der Waals surface area contributed by atoms with E-state index >= 15 is 0 Å². The molecule has 2 aromatic rings. The molecule has 1 heterocycles. The van der Waals surface area contributed by atoms with Gasteiger partial charge in [-0.1, -0.05) is 25.8 Å². The van der Waals surface area contributed by atoms with Crippen molar-refractivity contribution in [2.24, 2.45) is 0 Å². The first-order valence-electron chi connectivity index (χ1n) is 10.3. The topological polar surface area (TPSA) is 42.0 Å². The Bertz CT molecular complexity index is 878. The summed E-state index contributed by atoms with van der Waals surface area (Å²) in [7, 11) is 1.61. The van der Waals surface area contributed by atoms with Crippen molar-refractivity contribution in [2.75, 3.05) is 31.7 Å². The van der Waals surface area contributed by atoms with Crippen LogP contribution >= 0.6 is 15.9 Å². The molecule has 0 aliphatic carbocycles. The number of amides is 2. The maximum Gasteiger partial charge on any atom is 0.324 e. The zero-order valence-electron chi connectivity index (χ0n) is 17.5. The Balaban J connectivity index is 1.74. The largest absolute Gasteiger partial charge is 0.493 e. The highest BCUT2D eigenvalue weighted by Gasteiger charge is 2.27. The van der Waals surface area contributed by atoms with Crippen LogP contribution in [0, 0.1) is 5.82 Å². The lowest BCUT2D eigenvalue weighted by Crippen LogP contribution is -2.49. The lowest BCUT2D eigenvalue weighted by molar-refractivity contribution is 0.192. The number of anilines is 1. The summed E-state index contributed by atoms with van der Waals surface area (Å²) in [6.45, 7) is 4.52. The summed E-state index contributed by atoms with van der Waals surface area (Å²) in [6, 6.07) is 10.4. The Morgan fingerprint density at radius 1 is 1.10 bits per heavy atom. The fraction of sp³-hybridized carbons (Fsp3) is 0.435. The van der Waals surface area contributed by atoms with E-state index in [1.165, 1.54) is 6.07 Å². The molecule has 0 aromatic heterocycles. The number of halogens is 2. The van der Waals surface area contributed by atoms with Crippen molar-refractivity contribution >= 4 is 27.6 Å². The summed E-state index contributed by atoms with van der Waals surface area (Å²) in [5.74, 6) is 1.00. The second-order valence-electron chi connectivity index (χ2n) is 7.35. The number of unbranched alkanes of at least 4 members (excludes halogenated alkanes) is 2. The fourth-order valence-electron chi connectivity index (χ4n) is 3.51. The van der Waals surface area contributed by atoms with Crippen molar-refractivity contribution in [1.82, 2.24) is 4.90 Å². The van der Waals surface area contributed by atoms with Crippen LogP contribution in [0.4, 0.5) is 14.9 Å². The average Bonchev–Trinajstić information content (AvgIpc) is 2.75. The third kappa shape index (κ3) is 5.45. The molecule has 2 aromatic carbocycles. The van der Waals surface area contributed by atoms with Gasteiger partial charge in [0.15, 0.2) is 11.5 Å². The molecule has 0 radical (unpaired) electrons. The van der Waals surface area contributed by atoms with Crippen molar-refractivity contribution in [1.29, 1.82) is 0 Å². The van der Waals surface area contributed by atoms with Crippen molar-refractivity contribution in [3.63, 3.8) is 0 Å². The lowest BCUT2D eigenvalue weighted by atomic mass is 10.1. The molecule has 162 valence electrons. The molecule has 1 saturated heterocycles. The van der Waals surface area contributed by atoms with E-state index in [2.05, 4.69) is 22.9 Å². The second kappa shape index (κ2) is 10.7. The zero-order chi connectivity index (χ0) is 21.5. The van der Waals surface area contributed by atoms with Crippen LogP contribution in [0.15, 0.2) is 40.9 Å². The van der Waals surface area contributed by atoms with Crippen LogP contribution in [0.5, 0.6) is 11.5 Å². The van der Waals surface area contributed by atoms with Gasteiger partial charge in [-0.3, -0.25) is 4.90 Å². The lowest BCUT2D eigenvalue weighted by Gasteiger charge is -2.36. The van der Waals surface area contributed by atoms with Gasteiger partial charge in [-0.25, -0.2) is 9.18 Å². The van der Waals surface area contributed by atoms with Gasteiger partial charge < -0.3 is 14.4 Å². The molecule has 2 amide bonds. The molecule has 7 heteroatoms. The van der Waals surface area contributed by atoms with E-state index in [9.17, 15) is 9.18 Å². The van der Waals surface area contributed by atoms with Gasteiger partial charge in [0, 0.05) is 31.4 Å². The molecule has 1 fully saturated rings. The quantitative estimate of drug-likeness (QED) is 0.415. The zero-order valence-corrected chi connectivity index (χ0v) is 19.1. The van der Waals surface area contributed by atoms with E-state index in [1.807, 2.05) is 18.2 Å². The Hall–Kier alpha value is -2.28. The van der Waals surface area contributed by atoms with Crippen LogP contribution in [0.1, 0.15) is 38.2 Å². The van der Waals surface area contributed by atoms with Gasteiger partial charge in [0.2, 0.25) is 0 Å². The van der Waals surface area contributed by atoms with Gasteiger partial charge in [0.1, 0.15) is 5.82 Å². The molecule has 0 bridgehead atoms. The van der Waals surface area contributed by atoms with Crippen LogP contribution in [0.3, 0.4) is 0 Å². The molecular formula is C23H28BrFN2O3. The van der Waals surface area contributed by atoms with E-state index < -0.39 is 0 Å². The average molecular weight is 479 g/mol. The van der Waals surface area contributed by atoms with E-state index in [1.54, 1.807) is 29.0 Å². The first-order valence-corrected chi connectivity index (χ1v) is 11.1. The number of urea groups is 1. The summed E-state index contributed by atoms with van der Waals surface area (Å²) >= 11 is 3.21. The van der Waals surface area contributed by atoms with Gasteiger partial charge in [-0.05, 0) is 58.6 Å². The molecule has 3 rings (SSSR count). The van der Waals surface area contributed by atoms with Gasteiger partial charge >= 0.3 is 6.03 Å². The minimum Gasteiger partial charge on any atom is -0.493 e. The minimum atomic E-state index is -0.310. The van der Waals surface area contributed by atoms with Crippen molar-refractivity contribution in [3.05, 3.63) is 52.3 Å². The van der Waals surface area contributed by atoms with Gasteiger partial charge in [-0.2, -0.15) is 0 Å². The predicted octanol–water partition coefficient (Wildman–Crippen LogP) is 6.00. The predicted molar refractivity (Wildman–Crippen MR) is 120 cm³/mol. The summed E-state index contributed by atoms with van der Waals surface area (Å²) in [4.78, 5) is 16.7. The number of hydrogen-bond donors (Lipinski definition) is 0. The van der Waals surface area contributed by atoms with E-state index in [-0.39, 0.29) is 11.8 Å². The number of ether oxygens (including phenoxy) is 2. The number of carbonyl (C=O) groups excluding carboxylic acids is 1. The molecule has 30 heavy (non-hydrogen) atoms. The third-order valence-corrected chi connectivity index (χ3v) is 5.74. The first-order chi connectivity index (χ1) is 14.5. The Kier molecular flexibility index (Phi) is 7.96. The number of benzene rings is 2. The number of nitrogens with zero attached hydrogens (tertiary/aromatic N) is 2. The van der Waals surface area contributed by atoms with Crippen LogP contribution in [-0.2, 0) is 6.54 Å². The summed E-state index contributed by atoms with van der Waals surface area (Å²) in [6.07, 6.45) is 4.07. The van der Waals surface area contributed by atoms with Crippen molar-refractivity contribution in [3.8, 4) is 11.5 Å². The number of carbonyl (C=O) groups is 1. The minimum absolute atomic E-state index is 0.0659. The molecule has 5 nitrogen and oxygen atoms in total. The van der Waals surface area contributed by atoms with Crippen molar-refractivity contribution < 1.29 is 18.7 Å². The van der Waals surface area contributed by atoms with Gasteiger partial charge in [0.05, 0.1) is 18.2 Å². The Labute approximate surface area is 185 Å².